The Balaban J connectivity index is 1.30. The first kappa shape index (κ1) is 20.4. The maximum atomic E-state index is 12.2. The summed E-state index contributed by atoms with van der Waals surface area (Å²) in [6.45, 7) is 2.65. The quantitative estimate of drug-likeness (QED) is 0.363. The Hall–Kier alpha value is -3.84. The Labute approximate surface area is 182 Å². The van der Waals surface area contributed by atoms with Crippen LogP contribution < -0.4 is 5.32 Å². The van der Waals surface area contributed by atoms with Gasteiger partial charge in [0.2, 0.25) is 0 Å². The van der Waals surface area contributed by atoms with Gasteiger partial charge in [-0.15, -0.1) is 0 Å². The average molecular weight is 409 g/mol. The lowest BCUT2D eigenvalue weighted by Crippen LogP contribution is -2.26. The summed E-state index contributed by atoms with van der Waals surface area (Å²) in [5.41, 5.74) is 7.23. The third kappa shape index (κ3) is 4.51. The van der Waals surface area contributed by atoms with E-state index in [1.165, 1.54) is 22.3 Å². The van der Waals surface area contributed by atoms with Crippen LogP contribution in [0.4, 0.5) is 4.79 Å². The lowest BCUT2D eigenvalue weighted by atomic mass is 9.98. The summed E-state index contributed by atoms with van der Waals surface area (Å²) < 4.78 is 5.52. The van der Waals surface area contributed by atoms with Crippen molar-refractivity contribution in [1.29, 1.82) is 0 Å². The molecule has 0 atom stereocenters. The highest BCUT2D eigenvalue weighted by Crippen LogP contribution is 2.44. The van der Waals surface area contributed by atoms with Crippen molar-refractivity contribution >= 4 is 12.4 Å². The molecule has 0 radical (unpaired) electrons. The van der Waals surface area contributed by atoms with Crippen molar-refractivity contribution in [2.75, 3.05) is 13.2 Å². The number of rotatable bonds is 5. The zero-order valence-electron chi connectivity index (χ0n) is 17.4. The Morgan fingerprint density at radius 1 is 1.03 bits per heavy atom. The molecule has 0 spiro atoms. The molecular weight excluding hydrogens is 386 g/mol. The fourth-order valence-corrected chi connectivity index (χ4v) is 3.88. The van der Waals surface area contributed by atoms with Gasteiger partial charge in [-0.3, -0.25) is 4.79 Å². The van der Waals surface area contributed by atoms with E-state index in [9.17, 15) is 9.59 Å². The molecule has 3 aromatic carbocycles. The van der Waals surface area contributed by atoms with Crippen LogP contribution in [0.3, 0.4) is 0 Å². The van der Waals surface area contributed by atoms with Gasteiger partial charge in [-0.05, 0) is 40.8 Å². The maximum Gasteiger partial charge on any atom is 0.407 e. The molecule has 0 unspecified atom stereocenters. The van der Waals surface area contributed by atoms with Gasteiger partial charge in [-0.25, -0.2) is 4.79 Å². The number of aryl methyl sites for hydroxylation is 1. The highest BCUT2D eigenvalue weighted by atomic mass is 16.5. The summed E-state index contributed by atoms with van der Waals surface area (Å²) in [5, 5.41) is 2.76. The lowest BCUT2D eigenvalue weighted by Gasteiger charge is -2.14. The molecule has 3 aromatic rings. The molecule has 31 heavy (non-hydrogen) atoms. The standard InChI is InChI=1S/C27H23NO3/c1-19-13-14-20(17-29)16-21(19)8-6-7-15-28-27(30)31-18-26-24-11-4-2-9-22(24)23-10-3-5-12-25(23)26/h2-5,9-14,16-17,26H,7,15,18H2,1H3,(H,28,30). The summed E-state index contributed by atoms with van der Waals surface area (Å²) in [5.74, 6) is 6.14. The molecule has 0 heterocycles. The van der Waals surface area contributed by atoms with E-state index in [4.69, 9.17) is 4.74 Å². The molecule has 0 aromatic heterocycles. The SMILES string of the molecule is Cc1ccc(C=O)cc1C#CCCNC(=O)OCC1c2ccccc2-c2ccccc21. The molecule has 4 nitrogen and oxygen atoms in total. The van der Waals surface area contributed by atoms with Crippen molar-refractivity contribution in [3.63, 3.8) is 0 Å². The summed E-state index contributed by atoms with van der Waals surface area (Å²) in [4.78, 5) is 23.1. The molecule has 4 heteroatoms. The molecule has 0 bridgehead atoms. The normalized spacial score (nSPS) is 11.6. The lowest BCUT2D eigenvalue weighted by molar-refractivity contribution is 0.112. The number of benzene rings is 3. The van der Waals surface area contributed by atoms with Crippen molar-refractivity contribution < 1.29 is 14.3 Å². The molecule has 0 fully saturated rings. The van der Waals surface area contributed by atoms with Crippen molar-refractivity contribution in [3.8, 4) is 23.0 Å². The Kier molecular flexibility index (Phi) is 6.14. The summed E-state index contributed by atoms with van der Waals surface area (Å²) in [6.07, 6.45) is 0.862. The first-order valence-electron chi connectivity index (χ1n) is 10.3. The van der Waals surface area contributed by atoms with Crippen molar-refractivity contribution in [2.24, 2.45) is 0 Å². The molecule has 154 valence electrons. The van der Waals surface area contributed by atoms with Crippen LogP contribution >= 0.6 is 0 Å². The molecular formula is C27H23NO3. The molecule has 0 saturated heterocycles. The van der Waals surface area contributed by atoms with Crippen LogP contribution in [0.1, 0.15) is 45.0 Å². The predicted octanol–water partition coefficient (Wildman–Crippen LogP) is 5.09. The third-order valence-corrected chi connectivity index (χ3v) is 5.48. The number of hydrogen-bond donors (Lipinski definition) is 1. The number of carbonyl (C=O) groups is 2. The predicted molar refractivity (Wildman–Crippen MR) is 121 cm³/mol. The second kappa shape index (κ2) is 9.32. The van der Waals surface area contributed by atoms with Crippen LogP contribution in [0.25, 0.3) is 11.1 Å². The highest BCUT2D eigenvalue weighted by Gasteiger charge is 2.28. The van der Waals surface area contributed by atoms with Gasteiger partial charge in [0.25, 0.3) is 0 Å². The molecule has 1 aliphatic carbocycles. The number of nitrogens with one attached hydrogen (secondary N) is 1. The number of amides is 1. The first-order valence-corrected chi connectivity index (χ1v) is 10.3. The summed E-state index contributed by atoms with van der Waals surface area (Å²) >= 11 is 0. The average Bonchev–Trinajstić information content (AvgIpc) is 3.12. The van der Waals surface area contributed by atoms with E-state index in [-0.39, 0.29) is 5.92 Å². The zero-order valence-corrected chi connectivity index (χ0v) is 17.4. The molecule has 0 saturated carbocycles. The minimum Gasteiger partial charge on any atom is -0.449 e. The summed E-state index contributed by atoms with van der Waals surface area (Å²) in [6, 6.07) is 21.9. The first-order chi connectivity index (χ1) is 15.2. The molecule has 0 aliphatic heterocycles. The minimum atomic E-state index is -0.442. The zero-order chi connectivity index (χ0) is 21.6. The maximum absolute atomic E-state index is 12.2. The smallest absolute Gasteiger partial charge is 0.407 e. The fraction of sp³-hybridized carbons (Fsp3) is 0.185. The van der Waals surface area contributed by atoms with Gasteiger partial charge in [0, 0.05) is 30.0 Å². The van der Waals surface area contributed by atoms with Gasteiger partial charge in [0.15, 0.2) is 0 Å². The number of ether oxygens (including phenoxy) is 1. The monoisotopic (exact) mass is 409 g/mol. The van der Waals surface area contributed by atoms with Crippen LogP contribution in [0.15, 0.2) is 66.7 Å². The fourth-order valence-electron chi connectivity index (χ4n) is 3.88. The molecule has 1 N–H and O–H groups in total. The number of alkyl carbamates (subject to hydrolysis) is 1. The topological polar surface area (TPSA) is 55.4 Å². The largest absolute Gasteiger partial charge is 0.449 e. The minimum absolute atomic E-state index is 0.0472. The van der Waals surface area contributed by atoms with Crippen molar-refractivity contribution in [2.45, 2.75) is 19.3 Å². The summed E-state index contributed by atoms with van der Waals surface area (Å²) in [7, 11) is 0. The number of carbonyl (C=O) groups excluding carboxylic acids is 2. The Bertz CT molecular complexity index is 1140. The number of aldehydes is 1. The van der Waals surface area contributed by atoms with Gasteiger partial charge in [0.1, 0.15) is 12.9 Å². The molecule has 1 amide bonds. The van der Waals surface area contributed by atoms with Crippen LogP contribution in [-0.4, -0.2) is 25.5 Å². The second-order valence-corrected chi connectivity index (χ2v) is 7.50. The number of fused-ring (bicyclic) bond motifs is 3. The van der Waals surface area contributed by atoms with Crippen molar-refractivity contribution in [3.05, 3.63) is 94.5 Å². The van der Waals surface area contributed by atoms with E-state index >= 15 is 0 Å². The van der Waals surface area contributed by atoms with Crippen LogP contribution in [0.5, 0.6) is 0 Å². The van der Waals surface area contributed by atoms with Crippen LogP contribution in [0, 0.1) is 18.8 Å². The van der Waals surface area contributed by atoms with Gasteiger partial charge in [-0.2, -0.15) is 0 Å². The number of hydrogen-bond acceptors (Lipinski definition) is 3. The third-order valence-electron chi connectivity index (χ3n) is 5.48. The van der Waals surface area contributed by atoms with E-state index in [1.807, 2.05) is 37.3 Å². The van der Waals surface area contributed by atoms with Gasteiger partial charge < -0.3 is 10.1 Å². The molecule has 4 rings (SSSR count). The van der Waals surface area contributed by atoms with E-state index < -0.39 is 6.09 Å². The van der Waals surface area contributed by atoms with E-state index in [2.05, 4.69) is 41.4 Å². The molecule has 1 aliphatic rings. The van der Waals surface area contributed by atoms with Gasteiger partial charge >= 0.3 is 6.09 Å². The van der Waals surface area contributed by atoms with Crippen LogP contribution in [0.2, 0.25) is 0 Å². The van der Waals surface area contributed by atoms with Crippen molar-refractivity contribution in [1.82, 2.24) is 5.32 Å². The second-order valence-electron chi connectivity index (χ2n) is 7.50. The Morgan fingerprint density at radius 3 is 2.39 bits per heavy atom. The van der Waals surface area contributed by atoms with E-state index in [0.29, 0.717) is 25.1 Å². The highest BCUT2D eigenvalue weighted by molar-refractivity contribution is 5.79. The van der Waals surface area contributed by atoms with E-state index in [1.54, 1.807) is 12.1 Å². The van der Waals surface area contributed by atoms with Gasteiger partial charge in [0.05, 0.1) is 0 Å². The van der Waals surface area contributed by atoms with Crippen LogP contribution in [-0.2, 0) is 4.74 Å². The Morgan fingerprint density at radius 2 is 1.71 bits per heavy atom. The van der Waals surface area contributed by atoms with Gasteiger partial charge in [-0.1, -0.05) is 72.5 Å². The van der Waals surface area contributed by atoms with E-state index in [0.717, 1.165) is 17.4 Å².